The van der Waals surface area contributed by atoms with Crippen LogP contribution in [-0.2, 0) is 13.6 Å². The SMILES string of the molecule is CNCc1c(-c2cccs2)nc(C)n1C. The van der Waals surface area contributed by atoms with E-state index in [1.807, 2.05) is 14.0 Å². The van der Waals surface area contributed by atoms with Gasteiger partial charge in [-0.1, -0.05) is 6.07 Å². The van der Waals surface area contributed by atoms with Gasteiger partial charge in [-0.2, -0.15) is 0 Å². The summed E-state index contributed by atoms with van der Waals surface area (Å²) in [6.07, 6.45) is 0. The Labute approximate surface area is 93.8 Å². The van der Waals surface area contributed by atoms with Crippen molar-refractivity contribution in [3.63, 3.8) is 0 Å². The fourth-order valence-corrected chi connectivity index (χ4v) is 2.37. The first kappa shape index (κ1) is 10.4. The van der Waals surface area contributed by atoms with Gasteiger partial charge in [-0.3, -0.25) is 0 Å². The van der Waals surface area contributed by atoms with E-state index in [1.54, 1.807) is 11.3 Å². The number of aryl methyl sites for hydroxylation is 1. The molecule has 80 valence electrons. The molecule has 0 aromatic carbocycles. The summed E-state index contributed by atoms with van der Waals surface area (Å²) in [5.41, 5.74) is 2.36. The second-order valence-corrected chi connectivity index (χ2v) is 4.47. The summed E-state index contributed by atoms with van der Waals surface area (Å²) in [4.78, 5) is 5.84. The monoisotopic (exact) mass is 221 g/mol. The number of thiophene rings is 1. The summed E-state index contributed by atoms with van der Waals surface area (Å²) < 4.78 is 2.14. The van der Waals surface area contributed by atoms with Gasteiger partial charge in [0.05, 0.1) is 10.6 Å². The molecule has 0 aliphatic rings. The van der Waals surface area contributed by atoms with Crippen LogP contribution in [-0.4, -0.2) is 16.6 Å². The van der Waals surface area contributed by atoms with Gasteiger partial charge in [0.1, 0.15) is 11.5 Å². The normalized spacial score (nSPS) is 10.9. The molecule has 0 bridgehead atoms. The summed E-state index contributed by atoms with van der Waals surface area (Å²) in [5.74, 6) is 1.06. The second kappa shape index (κ2) is 4.16. The first-order valence-electron chi connectivity index (χ1n) is 4.94. The molecule has 0 spiro atoms. The maximum atomic E-state index is 4.60. The topological polar surface area (TPSA) is 29.9 Å². The molecule has 0 unspecified atom stereocenters. The van der Waals surface area contributed by atoms with Gasteiger partial charge < -0.3 is 9.88 Å². The zero-order chi connectivity index (χ0) is 10.8. The molecule has 15 heavy (non-hydrogen) atoms. The van der Waals surface area contributed by atoms with Gasteiger partial charge in [-0.25, -0.2) is 4.98 Å². The molecule has 0 amide bonds. The third-order valence-corrected chi connectivity index (χ3v) is 3.41. The van der Waals surface area contributed by atoms with Crippen LogP contribution in [0, 0.1) is 6.92 Å². The van der Waals surface area contributed by atoms with Gasteiger partial charge in [0, 0.05) is 13.6 Å². The molecule has 0 radical (unpaired) electrons. The lowest BCUT2D eigenvalue weighted by Crippen LogP contribution is -2.10. The Balaban J connectivity index is 2.51. The molecule has 0 saturated carbocycles. The molecular formula is C11H15N3S. The maximum absolute atomic E-state index is 4.60. The summed E-state index contributed by atoms with van der Waals surface area (Å²) >= 11 is 1.73. The summed E-state index contributed by atoms with van der Waals surface area (Å²) in [5, 5.41) is 5.27. The minimum atomic E-state index is 0.852. The standard InChI is InChI=1S/C11H15N3S/c1-8-13-11(10-5-4-6-15-10)9(7-12-2)14(8)3/h4-6,12H,7H2,1-3H3. The number of hydrogen-bond donors (Lipinski definition) is 1. The predicted octanol–water partition coefficient (Wildman–Crippen LogP) is 2.18. The van der Waals surface area contributed by atoms with Crippen LogP contribution in [0.1, 0.15) is 11.5 Å². The predicted molar refractivity (Wildman–Crippen MR) is 64.0 cm³/mol. The van der Waals surface area contributed by atoms with Gasteiger partial charge in [0.25, 0.3) is 0 Å². The highest BCUT2D eigenvalue weighted by Gasteiger charge is 2.13. The van der Waals surface area contributed by atoms with Crippen molar-refractivity contribution >= 4 is 11.3 Å². The van der Waals surface area contributed by atoms with Crippen molar-refractivity contribution < 1.29 is 0 Å². The Bertz CT molecular complexity index is 443. The van der Waals surface area contributed by atoms with Gasteiger partial charge in [-0.15, -0.1) is 11.3 Å². The first-order chi connectivity index (χ1) is 7.24. The minimum Gasteiger partial charge on any atom is -0.334 e. The van der Waals surface area contributed by atoms with Gasteiger partial charge in [0.15, 0.2) is 0 Å². The average Bonchev–Trinajstić information content (AvgIpc) is 2.81. The van der Waals surface area contributed by atoms with E-state index in [9.17, 15) is 0 Å². The fourth-order valence-electron chi connectivity index (χ4n) is 1.64. The van der Waals surface area contributed by atoms with Crippen molar-refractivity contribution in [1.29, 1.82) is 0 Å². The van der Waals surface area contributed by atoms with Crippen LogP contribution in [0.4, 0.5) is 0 Å². The van der Waals surface area contributed by atoms with Crippen molar-refractivity contribution in [3.8, 4) is 10.6 Å². The highest BCUT2D eigenvalue weighted by molar-refractivity contribution is 7.13. The summed E-state index contributed by atoms with van der Waals surface area (Å²) in [7, 11) is 4.02. The largest absolute Gasteiger partial charge is 0.334 e. The average molecular weight is 221 g/mol. The van der Waals surface area contributed by atoms with Crippen LogP contribution >= 0.6 is 11.3 Å². The molecule has 2 aromatic heterocycles. The van der Waals surface area contributed by atoms with E-state index in [4.69, 9.17) is 0 Å². The van der Waals surface area contributed by atoms with Crippen LogP contribution in [0.3, 0.4) is 0 Å². The van der Waals surface area contributed by atoms with E-state index in [0.717, 1.165) is 18.1 Å². The molecular weight excluding hydrogens is 206 g/mol. The Kier molecular flexibility index (Phi) is 2.88. The molecule has 0 fully saturated rings. The van der Waals surface area contributed by atoms with Gasteiger partial charge in [-0.05, 0) is 25.4 Å². The highest BCUT2D eigenvalue weighted by atomic mass is 32.1. The molecule has 4 heteroatoms. The number of nitrogens with one attached hydrogen (secondary N) is 1. The number of imidazole rings is 1. The quantitative estimate of drug-likeness (QED) is 0.861. The third kappa shape index (κ3) is 1.82. The van der Waals surface area contributed by atoms with E-state index >= 15 is 0 Å². The molecule has 0 saturated heterocycles. The van der Waals surface area contributed by atoms with E-state index in [2.05, 4.69) is 39.4 Å². The van der Waals surface area contributed by atoms with E-state index in [-0.39, 0.29) is 0 Å². The van der Waals surface area contributed by atoms with Crippen molar-refractivity contribution in [2.24, 2.45) is 7.05 Å². The minimum absolute atomic E-state index is 0.852. The molecule has 2 heterocycles. The van der Waals surface area contributed by atoms with Crippen LogP contribution in [0.25, 0.3) is 10.6 Å². The molecule has 0 aliphatic heterocycles. The Hall–Kier alpha value is -1.13. The van der Waals surface area contributed by atoms with Crippen LogP contribution in [0.15, 0.2) is 17.5 Å². The molecule has 2 rings (SSSR count). The maximum Gasteiger partial charge on any atom is 0.106 e. The third-order valence-electron chi connectivity index (χ3n) is 2.54. The smallest absolute Gasteiger partial charge is 0.106 e. The van der Waals surface area contributed by atoms with E-state index < -0.39 is 0 Å². The lowest BCUT2D eigenvalue weighted by Gasteiger charge is -2.04. The molecule has 1 N–H and O–H groups in total. The Morgan fingerprint density at radius 1 is 1.53 bits per heavy atom. The van der Waals surface area contributed by atoms with Crippen LogP contribution in [0.5, 0.6) is 0 Å². The lowest BCUT2D eigenvalue weighted by atomic mass is 10.2. The Morgan fingerprint density at radius 3 is 2.93 bits per heavy atom. The van der Waals surface area contributed by atoms with Crippen molar-refractivity contribution in [2.45, 2.75) is 13.5 Å². The zero-order valence-electron chi connectivity index (χ0n) is 9.24. The van der Waals surface area contributed by atoms with Crippen LogP contribution < -0.4 is 5.32 Å². The molecule has 0 aliphatic carbocycles. The number of rotatable bonds is 3. The first-order valence-corrected chi connectivity index (χ1v) is 5.82. The number of hydrogen-bond acceptors (Lipinski definition) is 3. The summed E-state index contributed by atoms with van der Waals surface area (Å²) in [6, 6.07) is 4.18. The molecule has 2 aromatic rings. The van der Waals surface area contributed by atoms with Gasteiger partial charge in [0.2, 0.25) is 0 Å². The fraction of sp³-hybridized carbons (Fsp3) is 0.364. The summed E-state index contributed by atoms with van der Waals surface area (Å²) in [6.45, 7) is 2.89. The Morgan fingerprint density at radius 2 is 2.33 bits per heavy atom. The second-order valence-electron chi connectivity index (χ2n) is 3.52. The molecule has 3 nitrogen and oxygen atoms in total. The number of aromatic nitrogens is 2. The van der Waals surface area contributed by atoms with Crippen molar-refractivity contribution in [1.82, 2.24) is 14.9 Å². The van der Waals surface area contributed by atoms with E-state index in [1.165, 1.54) is 10.6 Å². The van der Waals surface area contributed by atoms with Gasteiger partial charge >= 0.3 is 0 Å². The van der Waals surface area contributed by atoms with Crippen molar-refractivity contribution in [3.05, 3.63) is 29.0 Å². The van der Waals surface area contributed by atoms with Crippen molar-refractivity contribution in [2.75, 3.05) is 7.05 Å². The lowest BCUT2D eigenvalue weighted by molar-refractivity contribution is 0.722. The van der Waals surface area contributed by atoms with Crippen LogP contribution in [0.2, 0.25) is 0 Å². The highest BCUT2D eigenvalue weighted by Crippen LogP contribution is 2.27. The molecule has 0 atom stereocenters. The number of nitrogens with zero attached hydrogens (tertiary/aromatic N) is 2. The zero-order valence-corrected chi connectivity index (χ0v) is 10.1. The van der Waals surface area contributed by atoms with E-state index in [0.29, 0.717) is 0 Å².